The van der Waals surface area contributed by atoms with Gasteiger partial charge in [-0.1, -0.05) is 40.5 Å². The molecular weight excluding hydrogens is 230 g/mol. The molecule has 0 aromatic rings. The summed E-state index contributed by atoms with van der Waals surface area (Å²) in [7, 11) is -2.12. The summed E-state index contributed by atoms with van der Waals surface area (Å²) >= 11 is 0. The lowest BCUT2D eigenvalue weighted by Gasteiger charge is -2.31. The van der Waals surface area contributed by atoms with E-state index in [2.05, 4.69) is 32.7 Å². The van der Waals surface area contributed by atoms with Gasteiger partial charge in [0.05, 0.1) is 0 Å². The van der Waals surface area contributed by atoms with E-state index in [9.17, 15) is 0 Å². The van der Waals surface area contributed by atoms with Crippen molar-refractivity contribution in [1.82, 2.24) is 4.98 Å². The van der Waals surface area contributed by atoms with E-state index in [0.717, 1.165) is 45.1 Å². The highest BCUT2D eigenvalue weighted by atomic mass is 28.4. The van der Waals surface area contributed by atoms with Crippen LogP contribution in [0.15, 0.2) is 0 Å². The normalized spacial score (nSPS) is 12.0. The van der Waals surface area contributed by atoms with Crippen LogP contribution in [0.1, 0.15) is 59.8 Å². The Bertz CT molecular complexity index is 159. The molecular formula is C13H31NO2Si. The fourth-order valence-corrected chi connectivity index (χ4v) is 4.73. The SMILES string of the molecule is CCCCN[Si](CCC)(OCCC)OCCC. The van der Waals surface area contributed by atoms with E-state index in [1.807, 2.05) is 0 Å². The van der Waals surface area contributed by atoms with Gasteiger partial charge in [0.25, 0.3) is 0 Å². The fraction of sp³-hybridized carbons (Fsp3) is 1.00. The molecule has 0 heterocycles. The first kappa shape index (κ1) is 17.1. The van der Waals surface area contributed by atoms with Crippen molar-refractivity contribution in [2.45, 2.75) is 65.8 Å². The Hall–Kier alpha value is 0.0969. The summed E-state index contributed by atoms with van der Waals surface area (Å²) in [6.07, 6.45) is 5.65. The van der Waals surface area contributed by atoms with Crippen molar-refractivity contribution in [2.75, 3.05) is 19.8 Å². The van der Waals surface area contributed by atoms with E-state index in [1.165, 1.54) is 12.8 Å². The van der Waals surface area contributed by atoms with Crippen LogP contribution < -0.4 is 4.98 Å². The van der Waals surface area contributed by atoms with Gasteiger partial charge in [0, 0.05) is 19.3 Å². The van der Waals surface area contributed by atoms with Crippen LogP contribution in [-0.4, -0.2) is 28.5 Å². The highest BCUT2D eigenvalue weighted by Gasteiger charge is 2.36. The standard InChI is InChI=1S/C13H31NO2Si/c1-5-9-10-14-17(13-8-4,15-11-6-2)16-12-7-3/h14H,5-13H2,1-4H3. The molecule has 0 saturated heterocycles. The highest BCUT2D eigenvalue weighted by molar-refractivity contribution is 6.64. The van der Waals surface area contributed by atoms with Gasteiger partial charge in [-0.05, 0) is 25.8 Å². The van der Waals surface area contributed by atoms with Crippen LogP contribution in [0.3, 0.4) is 0 Å². The number of rotatable bonds is 12. The van der Waals surface area contributed by atoms with Crippen molar-refractivity contribution in [3.63, 3.8) is 0 Å². The predicted octanol–water partition coefficient (Wildman–Crippen LogP) is 3.58. The molecule has 0 aliphatic rings. The lowest BCUT2D eigenvalue weighted by atomic mass is 10.3. The van der Waals surface area contributed by atoms with Crippen molar-refractivity contribution in [3.05, 3.63) is 0 Å². The summed E-state index contributed by atoms with van der Waals surface area (Å²) in [5, 5.41) is 0. The molecule has 104 valence electrons. The maximum atomic E-state index is 6.07. The summed E-state index contributed by atoms with van der Waals surface area (Å²) in [6, 6.07) is 1.05. The van der Waals surface area contributed by atoms with Gasteiger partial charge >= 0.3 is 8.72 Å². The first-order chi connectivity index (χ1) is 8.24. The molecule has 0 rings (SSSR count). The van der Waals surface area contributed by atoms with E-state index in [1.54, 1.807) is 0 Å². The second kappa shape index (κ2) is 11.2. The van der Waals surface area contributed by atoms with Crippen LogP contribution >= 0.6 is 0 Å². The van der Waals surface area contributed by atoms with Crippen LogP contribution in [-0.2, 0) is 8.85 Å². The first-order valence-corrected chi connectivity index (χ1v) is 9.29. The van der Waals surface area contributed by atoms with E-state index < -0.39 is 8.72 Å². The third-order valence-corrected chi connectivity index (χ3v) is 5.87. The van der Waals surface area contributed by atoms with Gasteiger partial charge in [-0.25, -0.2) is 0 Å². The minimum atomic E-state index is -2.12. The Balaban J connectivity index is 4.32. The number of nitrogens with one attached hydrogen (secondary N) is 1. The van der Waals surface area contributed by atoms with Gasteiger partial charge in [0.15, 0.2) is 0 Å². The molecule has 0 aliphatic carbocycles. The second-order valence-electron chi connectivity index (χ2n) is 4.48. The summed E-state index contributed by atoms with van der Waals surface area (Å²) in [4.78, 5) is 3.60. The molecule has 0 unspecified atom stereocenters. The van der Waals surface area contributed by atoms with Crippen LogP contribution in [0, 0.1) is 0 Å². The van der Waals surface area contributed by atoms with Crippen molar-refractivity contribution >= 4 is 8.72 Å². The number of hydrogen-bond donors (Lipinski definition) is 1. The smallest absolute Gasteiger partial charge is 0.383 e. The van der Waals surface area contributed by atoms with Crippen LogP contribution in [0.25, 0.3) is 0 Å². The Morgan fingerprint density at radius 3 is 1.82 bits per heavy atom. The van der Waals surface area contributed by atoms with Crippen molar-refractivity contribution < 1.29 is 8.85 Å². The van der Waals surface area contributed by atoms with Crippen LogP contribution in [0.2, 0.25) is 6.04 Å². The van der Waals surface area contributed by atoms with E-state index >= 15 is 0 Å². The molecule has 0 fully saturated rings. The molecule has 3 nitrogen and oxygen atoms in total. The van der Waals surface area contributed by atoms with Gasteiger partial charge in [-0.3, -0.25) is 4.98 Å². The lowest BCUT2D eigenvalue weighted by molar-refractivity contribution is 0.156. The predicted molar refractivity (Wildman–Crippen MR) is 76.2 cm³/mol. The number of hydrogen-bond acceptors (Lipinski definition) is 3. The Morgan fingerprint density at radius 1 is 0.824 bits per heavy atom. The summed E-state index contributed by atoms with van der Waals surface area (Å²) < 4.78 is 12.1. The monoisotopic (exact) mass is 261 g/mol. The largest absolute Gasteiger partial charge is 0.425 e. The Kier molecular flexibility index (Phi) is 11.3. The van der Waals surface area contributed by atoms with Crippen LogP contribution in [0.5, 0.6) is 0 Å². The van der Waals surface area contributed by atoms with Gasteiger partial charge < -0.3 is 8.85 Å². The topological polar surface area (TPSA) is 30.5 Å². The van der Waals surface area contributed by atoms with Gasteiger partial charge in [-0.15, -0.1) is 0 Å². The van der Waals surface area contributed by atoms with E-state index in [-0.39, 0.29) is 0 Å². The minimum Gasteiger partial charge on any atom is -0.383 e. The Labute approximate surface area is 109 Å². The van der Waals surface area contributed by atoms with Crippen molar-refractivity contribution in [1.29, 1.82) is 0 Å². The average molecular weight is 261 g/mol. The minimum absolute atomic E-state index is 0.815. The molecule has 0 amide bonds. The molecule has 0 atom stereocenters. The lowest BCUT2D eigenvalue weighted by Crippen LogP contribution is -2.56. The molecule has 17 heavy (non-hydrogen) atoms. The van der Waals surface area contributed by atoms with Crippen molar-refractivity contribution in [2.24, 2.45) is 0 Å². The highest BCUT2D eigenvalue weighted by Crippen LogP contribution is 2.14. The quantitative estimate of drug-likeness (QED) is 0.430. The van der Waals surface area contributed by atoms with Gasteiger partial charge in [0.2, 0.25) is 0 Å². The molecule has 0 aliphatic heterocycles. The molecule has 0 bridgehead atoms. The van der Waals surface area contributed by atoms with Gasteiger partial charge in [-0.2, -0.15) is 0 Å². The van der Waals surface area contributed by atoms with E-state index in [0.29, 0.717) is 0 Å². The van der Waals surface area contributed by atoms with Crippen molar-refractivity contribution in [3.8, 4) is 0 Å². The maximum absolute atomic E-state index is 6.07. The zero-order valence-corrected chi connectivity index (χ0v) is 13.2. The summed E-state index contributed by atoms with van der Waals surface area (Å²) in [5.41, 5.74) is 0. The zero-order chi connectivity index (χ0) is 13.0. The van der Waals surface area contributed by atoms with Gasteiger partial charge in [0.1, 0.15) is 0 Å². The second-order valence-corrected chi connectivity index (χ2v) is 7.42. The first-order valence-electron chi connectivity index (χ1n) is 7.27. The molecule has 0 spiro atoms. The third kappa shape index (κ3) is 7.92. The number of unbranched alkanes of at least 4 members (excludes halogenated alkanes) is 1. The molecule has 4 heteroatoms. The van der Waals surface area contributed by atoms with E-state index in [4.69, 9.17) is 8.85 Å². The molecule has 1 N–H and O–H groups in total. The summed E-state index contributed by atoms with van der Waals surface area (Å²) in [6.45, 7) is 11.4. The van der Waals surface area contributed by atoms with Crippen LogP contribution in [0.4, 0.5) is 0 Å². The summed E-state index contributed by atoms with van der Waals surface area (Å²) in [5.74, 6) is 0. The molecule has 0 aromatic heterocycles. The molecule has 0 aromatic carbocycles. The average Bonchev–Trinajstić information content (AvgIpc) is 2.34. The fourth-order valence-electron chi connectivity index (χ4n) is 1.70. The molecule has 0 radical (unpaired) electrons. The zero-order valence-electron chi connectivity index (χ0n) is 12.2. The molecule has 0 saturated carbocycles. The Morgan fingerprint density at radius 2 is 1.41 bits per heavy atom. The maximum Gasteiger partial charge on any atom is 0.425 e. The third-order valence-electron chi connectivity index (χ3n) is 2.58.